The summed E-state index contributed by atoms with van der Waals surface area (Å²) in [6.45, 7) is 4.63. The van der Waals surface area contributed by atoms with Crippen LogP contribution < -0.4 is 0 Å². The van der Waals surface area contributed by atoms with Gasteiger partial charge in [0.2, 0.25) is 0 Å². The molecule has 0 saturated carbocycles. The summed E-state index contributed by atoms with van der Waals surface area (Å²) in [5, 5.41) is 0. The highest BCUT2D eigenvalue weighted by atomic mass is 79.9. The Morgan fingerprint density at radius 2 is 1.78 bits per heavy atom. The lowest BCUT2D eigenvalue weighted by Crippen LogP contribution is -2.46. The van der Waals surface area contributed by atoms with E-state index in [1.54, 1.807) is 0 Å². The molecule has 2 aromatic carbocycles. The fraction of sp³-hybridized carbons (Fsp3) is 0.368. The van der Waals surface area contributed by atoms with E-state index in [1.165, 1.54) is 25.4 Å². The summed E-state index contributed by atoms with van der Waals surface area (Å²) < 4.78 is 1.18. The van der Waals surface area contributed by atoms with Crippen LogP contribution in [-0.2, 0) is 6.42 Å². The molecule has 0 aromatic heterocycles. The Bertz CT molecular complexity index is 710. The zero-order valence-electron chi connectivity index (χ0n) is 13.3. The van der Waals surface area contributed by atoms with Gasteiger partial charge in [0.15, 0.2) is 0 Å². The van der Waals surface area contributed by atoms with Crippen molar-refractivity contribution in [2.45, 2.75) is 22.3 Å². The van der Waals surface area contributed by atoms with E-state index in [1.807, 2.05) is 11.8 Å². The Morgan fingerprint density at radius 1 is 1.00 bits per heavy atom. The van der Waals surface area contributed by atoms with Crippen molar-refractivity contribution in [3.63, 3.8) is 0 Å². The first-order valence-electron chi connectivity index (χ1n) is 8.18. The van der Waals surface area contributed by atoms with Crippen molar-refractivity contribution in [2.75, 3.05) is 33.2 Å². The maximum absolute atomic E-state index is 3.68. The fourth-order valence-electron chi connectivity index (χ4n) is 3.54. The second-order valence-electron chi connectivity index (χ2n) is 6.45. The molecule has 1 atom stereocenters. The summed E-state index contributed by atoms with van der Waals surface area (Å²) in [6, 6.07) is 16.1. The highest BCUT2D eigenvalue weighted by Crippen LogP contribution is 2.43. The van der Waals surface area contributed by atoms with Gasteiger partial charge in [-0.05, 0) is 48.9 Å². The molecule has 2 aliphatic rings. The SMILES string of the molecule is CN1CCN(C2Cc3ccccc3Sc3ccc(Br)cc32)CC1. The molecule has 0 radical (unpaired) electrons. The third-order valence-corrected chi connectivity index (χ3v) is 6.62. The smallest absolute Gasteiger partial charge is 0.0401 e. The Labute approximate surface area is 151 Å². The van der Waals surface area contributed by atoms with Crippen LogP contribution in [0.4, 0.5) is 0 Å². The minimum absolute atomic E-state index is 0.479. The lowest BCUT2D eigenvalue weighted by atomic mass is 9.96. The van der Waals surface area contributed by atoms with Crippen LogP contribution in [0.1, 0.15) is 17.2 Å². The van der Waals surface area contributed by atoms with Crippen LogP contribution in [0.5, 0.6) is 0 Å². The summed E-state index contributed by atoms with van der Waals surface area (Å²) in [5.41, 5.74) is 2.96. The average molecular weight is 389 g/mol. The van der Waals surface area contributed by atoms with Gasteiger partial charge in [-0.1, -0.05) is 45.9 Å². The summed E-state index contributed by atoms with van der Waals surface area (Å²) in [6.07, 6.45) is 1.11. The summed E-state index contributed by atoms with van der Waals surface area (Å²) in [5.74, 6) is 0. The van der Waals surface area contributed by atoms with E-state index in [2.05, 4.69) is 75.2 Å². The molecule has 2 nitrogen and oxygen atoms in total. The number of hydrogen-bond acceptors (Lipinski definition) is 3. The Balaban J connectivity index is 1.76. The Kier molecular flexibility index (Phi) is 4.50. The molecule has 0 N–H and O–H groups in total. The van der Waals surface area contributed by atoms with Gasteiger partial charge in [-0.15, -0.1) is 0 Å². The van der Waals surface area contributed by atoms with Gasteiger partial charge in [0.05, 0.1) is 0 Å². The molecule has 4 rings (SSSR count). The van der Waals surface area contributed by atoms with Gasteiger partial charge in [0, 0.05) is 46.5 Å². The third-order valence-electron chi connectivity index (χ3n) is 4.92. The monoisotopic (exact) mass is 388 g/mol. The molecule has 4 heteroatoms. The van der Waals surface area contributed by atoms with Crippen LogP contribution in [0.25, 0.3) is 0 Å². The van der Waals surface area contributed by atoms with Crippen molar-refractivity contribution >= 4 is 27.7 Å². The average Bonchev–Trinajstić information content (AvgIpc) is 2.72. The highest BCUT2D eigenvalue weighted by molar-refractivity contribution is 9.10. The molecule has 0 spiro atoms. The van der Waals surface area contributed by atoms with Crippen LogP contribution in [0.2, 0.25) is 0 Å². The minimum Gasteiger partial charge on any atom is -0.304 e. The molecule has 2 aliphatic heterocycles. The van der Waals surface area contributed by atoms with E-state index < -0.39 is 0 Å². The van der Waals surface area contributed by atoms with Crippen molar-refractivity contribution in [3.05, 3.63) is 58.1 Å². The number of likely N-dealkylation sites (N-methyl/N-ethyl adjacent to an activating group) is 1. The minimum atomic E-state index is 0.479. The second-order valence-corrected chi connectivity index (χ2v) is 8.45. The van der Waals surface area contributed by atoms with Crippen LogP contribution in [0.15, 0.2) is 56.7 Å². The molecule has 1 saturated heterocycles. The molecule has 0 bridgehead atoms. The van der Waals surface area contributed by atoms with E-state index in [4.69, 9.17) is 0 Å². The summed E-state index contributed by atoms with van der Waals surface area (Å²) >= 11 is 5.60. The molecule has 2 heterocycles. The van der Waals surface area contributed by atoms with Gasteiger partial charge < -0.3 is 4.90 Å². The van der Waals surface area contributed by atoms with Gasteiger partial charge in [-0.2, -0.15) is 0 Å². The first-order valence-corrected chi connectivity index (χ1v) is 9.79. The van der Waals surface area contributed by atoms with Gasteiger partial charge in [-0.25, -0.2) is 0 Å². The molecule has 1 unspecified atom stereocenters. The molecule has 0 aliphatic carbocycles. The number of hydrogen-bond donors (Lipinski definition) is 0. The Morgan fingerprint density at radius 3 is 2.61 bits per heavy atom. The molecule has 0 amide bonds. The van der Waals surface area contributed by atoms with Crippen LogP contribution >= 0.6 is 27.7 Å². The number of piperazine rings is 1. The lowest BCUT2D eigenvalue weighted by molar-refractivity contribution is 0.110. The van der Waals surface area contributed by atoms with Crippen LogP contribution in [0, 0.1) is 0 Å². The zero-order valence-corrected chi connectivity index (χ0v) is 15.7. The van der Waals surface area contributed by atoms with E-state index >= 15 is 0 Å². The van der Waals surface area contributed by atoms with E-state index in [0.717, 1.165) is 32.6 Å². The predicted octanol–water partition coefficient (Wildman–Crippen LogP) is 4.44. The van der Waals surface area contributed by atoms with Gasteiger partial charge >= 0.3 is 0 Å². The quantitative estimate of drug-likeness (QED) is 0.712. The van der Waals surface area contributed by atoms with E-state index in [0.29, 0.717) is 6.04 Å². The van der Waals surface area contributed by atoms with Crippen molar-refractivity contribution < 1.29 is 0 Å². The molecular formula is C19H21BrN2S. The zero-order chi connectivity index (χ0) is 15.8. The third kappa shape index (κ3) is 3.22. The normalized spacial score (nSPS) is 22.3. The second kappa shape index (κ2) is 6.60. The maximum atomic E-state index is 3.68. The number of fused-ring (bicyclic) bond motifs is 2. The van der Waals surface area contributed by atoms with Crippen molar-refractivity contribution in [3.8, 4) is 0 Å². The predicted molar refractivity (Wildman–Crippen MR) is 100 cm³/mol. The standard InChI is InChI=1S/C19H21BrN2S/c1-21-8-10-22(11-9-21)17-12-14-4-2-3-5-18(14)23-19-7-6-15(20)13-16(17)19/h2-7,13,17H,8-12H2,1H3. The summed E-state index contributed by atoms with van der Waals surface area (Å²) in [7, 11) is 2.22. The molecule has 2 aromatic rings. The van der Waals surface area contributed by atoms with Gasteiger partial charge in [0.25, 0.3) is 0 Å². The fourth-order valence-corrected chi connectivity index (χ4v) is 5.03. The lowest BCUT2D eigenvalue weighted by Gasteiger charge is -2.38. The number of halogens is 1. The molecule has 1 fully saturated rings. The molecular weight excluding hydrogens is 368 g/mol. The highest BCUT2D eigenvalue weighted by Gasteiger charge is 2.29. The number of rotatable bonds is 1. The largest absolute Gasteiger partial charge is 0.304 e. The van der Waals surface area contributed by atoms with Crippen molar-refractivity contribution in [1.29, 1.82) is 0 Å². The topological polar surface area (TPSA) is 6.48 Å². The van der Waals surface area contributed by atoms with Crippen LogP contribution in [0.3, 0.4) is 0 Å². The first-order chi connectivity index (χ1) is 11.2. The number of nitrogens with zero attached hydrogens (tertiary/aromatic N) is 2. The summed E-state index contributed by atoms with van der Waals surface area (Å²) in [4.78, 5) is 7.92. The van der Waals surface area contributed by atoms with E-state index in [9.17, 15) is 0 Å². The maximum Gasteiger partial charge on any atom is 0.0401 e. The molecule has 120 valence electrons. The van der Waals surface area contributed by atoms with Crippen molar-refractivity contribution in [1.82, 2.24) is 9.80 Å². The molecule has 23 heavy (non-hydrogen) atoms. The van der Waals surface area contributed by atoms with Crippen molar-refractivity contribution in [2.24, 2.45) is 0 Å². The van der Waals surface area contributed by atoms with Gasteiger partial charge in [0.1, 0.15) is 0 Å². The Hall–Kier alpha value is -0.810. The van der Waals surface area contributed by atoms with Gasteiger partial charge in [-0.3, -0.25) is 4.90 Å². The first kappa shape index (κ1) is 15.7. The van der Waals surface area contributed by atoms with E-state index in [-0.39, 0.29) is 0 Å². The van der Waals surface area contributed by atoms with Crippen LogP contribution in [-0.4, -0.2) is 43.0 Å². The number of benzene rings is 2.